The Bertz CT molecular complexity index is 279. The van der Waals surface area contributed by atoms with E-state index in [-0.39, 0.29) is 0 Å². The predicted molar refractivity (Wildman–Crippen MR) is 91.7 cm³/mol. The van der Waals surface area contributed by atoms with E-state index >= 15 is 0 Å². The molecule has 1 heteroatoms. The Balaban J connectivity index is -0.000000278. The molecule has 0 unspecified atom stereocenters. The van der Waals surface area contributed by atoms with E-state index in [4.69, 9.17) is 0 Å². The normalized spacial score (nSPS) is 11.1. The largest absolute Gasteiger partial charge is 0.298 e. The molecule has 0 spiro atoms. The van der Waals surface area contributed by atoms with Crippen molar-refractivity contribution in [2.24, 2.45) is 0 Å². The molecule has 19 heavy (non-hydrogen) atoms. The average Bonchev–Trinajstić information content (AvgIpc) is 2.89. The third kappa shape index (κ3) is 8.83. The minimum atomic E-state index is 1.12. The highest BCUT2D eigenvalue weighted by Gasteiger charge is 2.15. The van der Waals surface area contributed by atoms with Crippen LogP contribution in [0, 0.1) is 6.92 Å². The van der Waals surface area contributed by atoms with Gasteiger partial charge in [0.1, 0.15) is 0 Å². The van der Waals surface area contributed by atoms with Crippen molar-refractivity contribution in [3.8, 4) is 0 Å². The summed E-state index contributed by atoms with van der Waals surface area (Å²) in [4.78, 5) is 2.34. The van der Waals surface area contributed by atoms with Crippen LogP contribution in [0.25, 0.3) is 0 Å². The van der Waals surface area contributed by atoms with E-state index in [0.717, 1.165) is 13.1 Å². The van der Waals surface area contributed by atoms with E-state index in [1.165, 1.54) is 16.7 Å². The van der Waals surface area contributed by atoms with Crippen molar-refractivity contribution in [3.63, 3.8) is 0 Å². The van der Waals surface area contributed by atoms with Crippen LogP contribution in [-0.4, -0.2) is 11.9 Å². The maximum absolute atomic E-state index is 2.34. The third-order valence-corrected chi connectivity index (χ3v) is 2.38. The van der Waals surface area contributed by atoms with Gasteiger partial charge in [0.25, 0.3) is 0 Å². The summed E-state index contributed by atoms with van der Waals surface area (Å²) < 4.78 is 0. The highest BCUT2D eigenvalue weighted by Crippen LogP contribution is 2.23. The number of hydrogen-bond donors (Lipinski definition) is 0. The van der Waals surface area contributed by atoms with Crippen molar-refractivity contribution < 1.29 is 0 Å². The SMILES string of the molecule is CC.CC.CC.CC.Cc1cccc2c1CN(C)C2. The first-order valence-electron chi connectivity index (χ1n) is 8.03. The Kier molecular flexibility index (Phi) is 21.1. The zero-order chi connectivity index (χ0) is 15.8. The van der Waals surface area contributed by atoms with Crippen molar-refractivity contribution >= 4 is 0 Å². The molecule has 0 atom stereocenters. The molecule has 0 bridgehead atoms. The van der Waals surface area contributed by atoms with Gasteiger partial charge in [-0.05, 0) is 30.7 Å². The first kappa shape index (κ1) is 23.3. The monoisotopic (exact) mass is 267 g/mol. The van der Waals surface area contributed by atoms with Gasteiger partial charge in [-0.1, -0.05) is 73.6 Å². The molecule has 2 rings (SSSR count). The quantitative estimate of drug-likeness (QED) is 0.553. The number of hydrogen-bond acceptors (Lipinski definition) is 1. The van der Waals surface area contributed by atoms with E-state index in [1.807, 2.05) is 55.4 Å². The number of nitrogens with zero attached hydrogens (tertiary/aromatic N) is 1. The Morgan fingerprint density at radius 1 is 0.789 bits per heavy atom. The lowest BCUT2D eigenvalue weighted by Gasteiger charge is -2.03. The summed E-state index contributed by atoms with van der Waals surface area (Å²) >= 11 is 0. The first-order valence-corrected chi connectivity index (χ1v) is 8.03. The highest BCUT2D eigenvalue weighted by molar-refractivity contribution is 5.36. The Labute approximate surface area is 123 Å². The second-order valence-electron chi connectivity index (χ2n) is 3.38. The van der Waals surface area contributed by atoms with Gasteiger partial charge in [0.15, 0.2) is 0 Å². The van der Waals surface area contributed by atoms with Gasteiger partial charge in [-0.3, -0.25) is 4.90 Å². The van der Waals surface area contributed by atoms with E-state index in [1.54, 1.807) is 0 Å². The zero-order valence-corrected chi connectivity index (χ0v) is 15.1. The molecule has 0 fully saturated rings. The number of aryl methyl sites for hydroxylation is 1. The summed E-state index contributed by atoms with van der Waals surface area (Å²) in [5.74, 6) is 0. The molecule has 0 radical (unpaired) electrons. The van der Waals surface area contributed by atoms with Crippen LogP contribution in [-0.2, 0) is 13.1 Å². The lowest BCUT2D eigenvalue weighted by atomic mass is 10.1. The molecule has 114 valence electrons. The maximum atomic E-state index is 2.34. The van der Waals surface area contributed by atoms with Crippen LogP contribution in [0.5, 0.6) is 0 Å². The fraction of sp³-hybridized carbons (Fsp3) is 0.667. The standard InChI is InChI=1S/C10H13N.4C2H6/c1-8-4-3-5-9-6-11(2)7-10(8)9;4*1-2/h3-5H,6-7H2,1-2H3;4*1-2H3. The molecule has 1 aromatic rings. The lowest BCUT2D eigenvalue weighted by Crippen LogP contribution is -2.07. The molecule has 0 amide bonds. The third-order valence-electron chi connectivity index (χ3n) is 2.38. The zero-order valence-electron chi connectivity index (χ0n) is 15.1. The van der Waals surface area contributed by atoms with Gasteiger partial charge in [-0.2, -0.15) is 0 Å². The van der Waals surface area contributed by atoms with E-state index in [9.17, 15) is 0 Å². The maximum Gasteiger partial charge on any atom is 0.0240 e. The fourth-order valence-corrected chi connectivity index (χ4v) is 1.75. The highest BCUT2D eigenvalue weighted by atomic mass is 15.1. The van der Waals surface area contributed by atoms with Gasteiger partial charge in [0.2, 0.25) is 0 Å². The number of rotatable bonds is 0. The summed E-state index contributed by atoms with van der Waals surface area (Å²) in [6, 6.07) is 6.57. The number of benzene rings is 1. The molecule has 1 nitrogen and oxygen atoms in total. The molecule has 1 aliphatic rings. The van der Waals surface area contributed by atoms with Crippen LogP contribution in [0.15, 0.2) is 18.2 Å². The second kappa shape index (κ2) is 17.2. The molecular formula is C18H37N. The van der Waals surface area contributed by atoms with Crippen molar-refractivity contribution in [1.82, 2.24) is 4.90 Å². The van der Waals surface area contributed by atoms with E-state index in [0.29, 0.717) is 0 Å². The van der Waals surface area contributed by atoms with Gasteiger partial charge >= 0.3 is 0 Å². The Morgan fingerprint density at radius 3 is 1.68 bits per heavy atom. The minimum Gasteiger partial charge on any atom is -0.298 e. The average molecular weight is 268 g/mol. The van der Waals surface area contributed by atoms with Crippen LogP contribution >= 0.6 is 0 Å². The Morgan fingerprint density at radius 2 is 1.26 bits per heavy atom. The van der Waals surface area contributed by atoms with Crippen molar-refractivity contribution in [1.29, 1.82) is 0 Å². The van der Waals surface area contributed by atoms with E-state index in [2.05, 4.69) is 37.1 Å². The van der Waals surface area contributed by atoms with Crippen molar-refractivity contribution in [2.75, 3.05) is 7.05 Å². The van der Waals surface area contributed by atoms with Crippen molar-refractivity contribution in [3.05, 3.63) is 34.9 Å². The van der Waals surface area contributed by atoms with Gasteiger partial charge in [0.05, 0.1) is 0 Å². The van der Waals surface area contributed by atoms with Crippen LogP contribution in [0.3, 0.4) is 0 Å². The van der Waals surface area contributed by atoms with Crippen molar-refractivity contribution in [2.45, 2.75) is 75.4 Å². The molecule has 0 aromatic heterocycles. The van der Waals surface area contributed by atoms with Gasteiger partial charge in [0, 0.05) is 13.1 Å². The smallest absolute Gasteiger partial charge is 0.0240 e. The molecular weight excluding hydrogens is 230 g/mol. The topological polar surface area (TPSA) is 3.24 Å². The molecule has 0 saturated carbocycles. The second-order valence-corrected chi connectivity index (χ2v) is 3.38. The Hall–Kier alpha value is -0.820. The summed E-state index contributed by atoms with van der Waals surface area (Å²) in [5, 5.41) is 0. The molecule has 0 aliphatic carbocycles. The van der Waals surface area contributed by atoms with Crippen LogP contribution in [0.4, 0.5) is 0 Å². The summed E-state index contributed by atoms with van der Waals surface area (Å²) in [5.41, 5.74) is 4.48. The minimum absolute atomic E-state index is 1.12. The summed E-state index contributed by atoms with van der Waals surface area (Å²) in [6.45, 7) is 20.4. The fourth-order valence-electron chi connectivity index (χ4n) is 1.75. The number of fused-ring (bicyclic) bond motifs is 1. The molecule has 0 N–H and O–H groups in total. The van der Waals surface area contributed by atoms with E-state index < -0.39 is 0 Å². The molecule has 1 aliphatic heterocycles. The van der Waals surface area contributed by atoms with Gasteiger partial charge < -0.3 is 0 Å². The summed E-state index contributed by atoms with van der Waals surface area (Å²) in [6.07, 6.45) is 0. The molecule has 1 aromatic carbocycles. The van der Waals surface area contributed by atoms with Crippen LogP contribution in [0.1, 0.15) is 72.1 Å². The predicted octanol–water partition coefficient (Wildman–Crippen LogP) is 6.05. The first-order chi connectivity index (χ1) is 9.27. The lowest BCUT2D eigenvalue weighted by molar-refractivity contribution is 0.353. The summed E-state index contributed by atoms with van der Waals surface area (Å²) in [7, 11) is 2.17. The van der Waals surface area contributed by atoms with Gasteiger partial charge in [-0.25, -0.2) is 0 Å². The van der Waals surface area contributed by atoms with Gasteiger partial charge in [-0.15, -0.1) is 0 Å². The molecule has 1 heterocycles. The van der Waals surface area contributed by atoms with Crippen LogP contribution < -0.4 is 0 Å². The molecule has 0 saturated heterocycles. The van der Waals surface area contributed by atoms with Crippen LogP contribution in [0.2, 0.25) is 0 Å².